The van der Waals surface area contributed by atoms with Crippen LogP contribution in [0.1, 0.15) is 22.4 Å². The van der Waals surface area contributed by atoms with E-state index in [1.54, 1.807) is 6.20 Å². The van der Waals surface area contributed by atoms with E-state index >= 15 is 0 Å². The Morgan fingerprint density at radius 3 is 3.05 bits per heavy atom. The Kier molecular flexibility index (Phi) is 3.36. The van der Waals surface area contributed by atoms with E-state index in [2.05, 4.69) is 22.0 Å². The van der Waals surface area contributed by atoms with Crippen LogP contribution in [0.15, 0.2) is 36.5 Å². The minimum atomic E-state index is 0.519. The maximum absolute atomic E-state index is 9.09. The SMILES string of the molecule is N#Cc1ncccc1CN1CCc2c(N)cccc2C1. The summed E-state index contributed by atoms with van der Waals surface area (Å²) >= 11 is 0. The van der Waals surface area contributed by atoms with E-state index < -0.39 is 0 Å². The Bertz CT molecular complexity index is 672. The van der Waals surface area contributed by atoms with Gasteiger partial charge in [0.15, 0.2) is 0 Å². The molecule has 1 aliphatic rings. The van der Waals surface area contributed by atoms with Gasteiger partial charge in [-0.15, -0.1) is 0 Å². The van der Waals surface area contributed by atoms with Crippen molar-refractivity contribution < 1.29 is 0 Å². The zero-order chi connectivity index (χ0) is 13.9. The van der Waals surface area contributed by atoms with Crippen LogP contribution in [0, 0.1) is 11.3 Å². The first-order chi connectivity index (χ1) is 9.78. The second-order valence-electron chi connectivity index (χ2n) is 5.07. The average Bonchev–Trinajstić information content (AvgIpc) is 2.48. The summed E-state index contributed by atoms with van der Waals surface area (Å²) in [7, 11) is 0. The van der Waals surface area contributed by atoms with Crippen LogP contribution in [0.2, 0.25) is 0 Å². The normalized spacial score (nSPS) is 14.6. The Morgan fingerprint density at radius 1 is 1.30 bits per heavy atom. The zero-order valence-corrected chi connectivity index (χ0v) is 11.2. The molecule has 2 aromatic rings. The third-order valence-corrected chi connectivity index (χ3v) is 3.77. The predicted octanol–water partition coefficient (Wildman–Crippen LogP) is 2.09. The van der Waals surface area contributed by atoms with Gasteiger partial charge in [0.2, 0.25) is 0 Å². The van der Waals surface area contributed by atoms with Gasteiger partial charge >= 0.3 is 0 Å². The molecule has 4 heteroatoms. The molecule has 0 saturated heterocycles. The summed E-state index contributed by atoms with van der Waals surface area (Å²) in [6, 6.07) is 12.1. The molecule has 1 aromatic carbocycles. The van der Waals surface area contributed by atoms with Crippen molar-refractivity contribution in [3.05, 3.63) is 58.9 Å². The lowest BCUT2D eigenvalue weighted by Crippen LogP contribution is -2.30. The Labute approximate surface area is 118 Å². The Balaban J connectivity index is 1.80. The lowest BCUT2D eigenvalue weighted by molar-refractivity contribution is 0.245. The lowest BCUT2D eigenvalue weighted by Gasteiger charge is -2.29. The third kappa shape index (κ3) is 2.36. The van der Waals surface area contributed by atoms with Crippen LogP contribution in [-0.4, -0.2) is 16.4 Å². The van der Waals surface area contributed by atoms with Crippen molar-refractivity contribution in [3.8, 4) is 6.07 Å². The van der Waals surface area contributed by atoms with E-state index in [9.17, 15) is 0 Å². The van der Waals surface area contributed by atoms with E-state index in [0.717, 1.165) is 37.3 Å². The number of hydrogen-bond acceptors (Lipinski definition) is 4. The topological polar surface area (TPSA) is 65.9 Å². The third-order valence-electron chi connectivity index (χ3n) is 3.77. The van der Waals surface area contributed by atoms with Gasteiger partial charge in [-0.05, 0) is 29.7 Å². The highest BCUT2D eigenvalue weighted by molar-refractivity contribution is 5.51. The van der Waals surface area contributed by atoms with Crippen molar-refractivity contribution in [1.82, 2.24) is 9.88 Å². The summed E-state index contributed by atoms with van der Waals surface area (Å²) in [5, 5.41) is 9.09. The van der Waals surface area contributed by atoms with Crippen LogP contribution in [0.5, 0.6) is 0 Å². The second-order valence-corrected chi connectivity index (χ2v) is 5.07. The number of anilines is 1. The minimum absolute atomic E-state index is 0.519. The first-order valence-electron chi connectivity index (χ1n) is 6.70. The van der Waals surface area contributed by atoms with Crippen molar-refractivity contribution >= 4 is 5.69 Å². The molecule has 0 bridgehead atoms. The number of hydrogen-bond donors (Lipinski definition) is 1. The average molecular weight is 264 g/mol. The molecule has 4 nitrogen and oxygen atoms in total. The number of pyridine rings is 1. The quantitative estimate of drug-likeness (QED) is 0.843. The highest BCUT2D eigenvalue weighted by Gasteiger charge is 2.18. The molecule has 1 aliphatic heterocycles. The fourth-order valence-electron chi connectivity index (χ4n) is 2.74. The number of fused-ring (bicyclic) bond motifs is 1. The molecule has 0 spiro atoms. The molecule has 20 heavy (non-hydrogen) atoms. The summed E-state index contributed by atoms with van der Waals surface area (Å²) in [6.07, 6.45) is 2.62. The number of nitrogens with two attached hydrogens (primary N) is 1. The van der Waals surface area contributed by atoms with Crippen molar-refractivity contribution in [2.45, 2.75) is 19.5 Å². The van der Waals surface area contributed by atoms with E-state index in [4.69, 9.17) is 11.0 Å². The number of aromatic nitrogens is 1. The van der Waals surface area contributed by atoms with Gasteiger partial charge in [0.1, 0.15) is 11.8 Å². The van der Waals surface area contributed by atoms with Crippen molar-refractivity contribution in [2.24, 2.45) is 0 Å². The molecule has 100 valence electrons. The van der Waals surface area contributed by atoms with Crippen molar-refractivity contribution in [2.75, 3.05) is 12.3 Å². The van der Waals surface area contributed by atoms with E-state index in [-0.39, 0.29) is 0 Å². The van der Waals surface area contributed by atoms with Crippen LogP contribution >= 0.6 is 0 Å². The van der Waals surface area contributed by atoms with Gasteiger partial charge in [-0.3, -0.25) is 4.90 Å². The minimum Gasteiger partial charge on any atom is -0.398 e. The summed E-state index contributed by atoms with van der Waals surface area (Å²) in [5.41, 5.74) is 11.0. The first kappa shape index (κ1) is 12.6. The molecular formula is C16H16N4. The molecule has 0 fully saturated rings. The Hall–Kier alpha value is -2.38. The summed E-state index contributed by atoms with van der Waals surface area (Å²) < 4.78 is 0. The molecule has 2 heterocycles. The number of nitriles is 1. The second kappa shape index (κ2) is 5.32. The largest absolute Gasteiger partial charge is 0.398 e. The number of nitrogen functional groups attached to an aromatic ring is 1. The zero-order valence-electron chi connectivity index (χ0n) is 11.2. The fourth-order valence-corrected chi connectivity index (χ4v) is 2.74. The Morgan fingerprint density at radius 2 is 2.20 bits per heavy atom. The van der Waals surface area contributed by atoms with Gasteiger partial charge in [-0.2, -0.15) is 5.26 Å². The standard InChI is InChI=1S/C16H16N4/c17-9-16-13(4-2-7-19-16)11-20-8-6-14-12(10-20)3-1-5-15(14)18/h1-5,7H,6,8,10-11,18H2. The van der Waals surface area contributed by atoms with E-state index in [1.165, 1.54) is 11.1 Å². The van der Waals surface area contributed by atoms with Gasteiger partial charge in [-0.1, -0.05) is 18.2 Å². The molecule has 0 unspecified atom stereocenters. The first-order valence-corrected chi connectivity index (χ1v) is 6.70. The predicted molar refractivity (Wildman–Crippen MR) is 77.6 cm³/mol. The molecule has 0 atom stereocenters. The van der Waals surface area contributed by atoms with Crippen LogP contribution < -0.4 is 5.73 Å². The molecule has 0 aliphatic carbocycles. The number of rotatable bonds is 2. The molecular weight excluding hydrogens is 248 g/mol. The summed E-state index contributed by atoms with van der Waals surface area (Å²) in [6.45, 7) is 2.59. The molecule has 2 N–H and O–H groups in total. The van der Waals surface area contributed by atoms with Gasteiger partial charge in [0.25, 0.3) is 0 Å². The van der Waals surface area contributed by atoms with Gasteiger partial charge in [0.05, 0.1) is 0 Å². The van der Waals surface area contributed by atoms with Gasteiger partial charge in [0, 0.05) is 37.1 Å². The monoisotopic (exact) mass is 264 g/mol. The van der Waals surface area contributed by atoms with Crippen LogP contribution in [-0.2, 0) is 19.5 Å². The highest BCUT2D eigenvalue weighted by Crippen LogP contribution is 2.25. The molecule has 3 rings (SSSR count). The number of benzene rings is 1. The van der Waals surface area contributed by atoms with Crippen LogP contribution in [0.25, 0.3) is 0 Å². The molecule has 0 saturated carbocycles. The maximum Gasteiger partial charge on any atom is 0.144 e. The molecule has 0 amide bonds. The van der Waals surface area contributed by atoms with Crippen LogP contribution in [0.3, 0.4) is 0 Å². The van der Waals surface area contributed by atoms with Crippen molar-refractivity contribution in [1.29, 1.82) is 5.26 Å². The van der Waals surface area contributed by atoms with Gasteiger partial charge < -0.3 is 5.73 Å². The molecule has 0 radical (unpaired) electrons. The van der Waals surface area contributed by atoms with E-state index in [1.807, 2.05) is 24.3 Å². The lowest BCUT2D eigenvalue weighted by atomic mass is 9.97. The highest BCUT2D eigenvalue weighted by atomic mass is 15.1. The fraction of sp³-hybridized carbons (Fsp3) is 0.250. The summed E-state index contributed by atoms with van der Waals surface area (Å²) in [4.78, 5) is 6.45. The van der Waals surface area contributed by atoms with Gasteiger partial charge in [-0.25, -0.2) is 4.98 Å². The smallest absolute Gasteiger partial charge is 0.144 e. The van der Waals surface area contributed by atoms with Crippen molar-refractivity contribution in [3.63, 3.8) is 0 Å². The summed E-state index contributed by atoms with van der Waals surface area (Å²) in [5.74, 6) is 0. The van der Waals surface area contributed by atoms with E-state index in [0.29, 0.717) is 5.69 Å². The maximum atomic E-state index is 9.09. The molecule has 1 aromatic heterocycles. The van der Waals surface area contributed by atoms with Crippen LogP contribution in [0.4, 0.5) is 5.69 Å². The number of nitrogens with zero attached hydrogens (tertiary/aromatic N) is 3.